The average molecular weight is 281 g/mol. The standard InChI is InChI=1S/C16H15N3S/c1-13-7-9-15(10-8-13)20-16-11-17-18-19(16)12-14-5-3-2-4-6-14/h2-11H,12H2,1H3. The molecule has 0 fully saturated rings. The van der Waals surface area contributed by atoms with E-state index < -0.39 is 0 Å². The van der Waals surface area contributed by atoms with E-state index in [0.29, 0.717) is 0 Å². The maximum atomic E-state index is 4.17. The molecule has 0 aliphatic carbocycles. The van der Waals surface area contributed by atoms with E-state index in [-0.39, 0.29) is 0 Å². The van der Waals surface area contributed by atoms with Crippen molar-refractivity contribution in [3.8, 4) is 0 Å². The summed E-state index contributed by atoms with van der Waals surface area (Å²) in [5.74, 6) is 0. The lowest BCUT2D eigenvalue weighted by atomic mass is 10.2. The molecule has 0 bridgehead atoms. The third-order valence-corrected chi connectivity index (χ3v) is 4.03. The third kappa shape index (κ3) is 3.08. The minimum absolute atomic E-state index is 0.745. The fourth-order valence-corrected chi connectivity index (χ4v) is 2.74. The van der Waals surface area contributed by atoms with E-state index in [1.165, 1.54) is 16.0 Å². The monoisotopic (exact) mass is 281 g/mol. The van der Waals surface area contributed by atoms with Gasteiger partial charge in [-0.15, -0.1) is 5.10 Å². The van der Waals surface area contributed by atoms with Gasteiger partial charge in [-0.3, -0.25) is 0 Å². The third-order valence-electron chi connectivity index (χ3n) is 3.00. The first-order valence-electron chi connectivity index (χ1n) is 6.48. The zero-order chi connectivity index (χ0) is 13.8. The Morgan fingerprint density at radius 1 is 1.00 bits per heavy atom. The van der Waals surface area contributed by atoms with Gasteiger partial charge in [0.05, 0.1) is 12.7 Å². The van der Waals surface area contributed by atoms with E-state index in [4.69, 9.17) is 0 Å². The second kappa shape index (κ2) is 5.92. The van der Waals surface area contributed by atoms with Crippen LogP contribution in [0, 0.1) is 6.92 Å². The summed E-state index contributed by atoms with van der Waals surface area (Å²) in [6.07, 6.45) is 1.81. The lowest BCUT2D eigenvalue weighted by Crippen LogP contribution is -2.03. The lowest BCUT2D eigenvalue weighted by Gasteiger charge is -2.06. The SMILES string of the molecule is Cc1ccc(Sc2cnnn2Cc2ccccc2)cc1. The molecule has 4 heteroatoms. The van der Waals surface area contributed by atoms with Gasteiger partial charge in [0, 0.05) is 4.90 Å². The largest absolute Gasteiger partial charge is 0.234 e. The van der Waals surface area contributed by atoms with Crippen molar-refractivity contribution < 1.29 is 0 Å². The maximum Gasteiger partial charge on any atom is 0.119 e. The van der Waals surface area contributed by atoms with Crippen molar-refractivity contribution in [3.05, 3.63) is 71.9 Å². The molecule has 0 amide bonds. The van der Waals surface area contributed by atoms with Crippen LogP contribution in [0.1, 0.15) is 11.1 Å². The maximum absolute atomic E-state index is 4.17. The Bertz CT molecular complexity index is 674. The van der Waals surface area contributed by atoms with Crippen LogP contribution in [0.4, 0.5) is 0 Å². The van der Waals surface area contributed by atoms with E-state index in [2.05, 4.69) is 53.6 Å². The quantitative estimate of drug-likeness (QED) is 0.729. The zero-order valence-corrected chi connectivity index (χ0v) is 12.0. The van der Waals surface area contributed by atoms with Gasteiger partial charge in [-0.1, -0.05) is 65.0 Å². The topological polar surface area (TPSA) is 30.7 Å². The van der Waals surface area contributed by atoms with E-state index in [1.54, 1.807) is 11.8 Å². The van der Waals surface area contributed by atoms with E-state index in [0.717, 1.165) is 11.6 Å². The molecule has 3 aromatic rings. The summed E-state index contributed by atoms with van der Waals surface area (Å²) in [6.45, 7) is 2.84. The summed E-state index contributed by atoms with van der Waals surface area (Å²) < 4.78 is 1.93. The second-order valence-corrected chi connectivity index (χ2v) is 5.72. The van der Waals surface area contributed by atoms with Crippen LogP contribution >= 0.6 is 11.8 Å². The Hall–Kier alpha value is -2.07. The first-order valence-corrected chi connectivity index (χ1v) is 7.30. The summed E-state index contributed by atoms with van der Waals surface area (Å²) in [6, 6.07) is 18.8. The summed E-state index contributed by atoms with van der Waals surface area (Å²) >= 11 is 1.69. The highest BCUT2D eigenvalue weighted by Crippen LogP contribution is 2.27. The van der Waals surface area contributed by atoms with Crippen LogP contribution in [0.3, 0.4) is 0 Å². The molecule has 1 heterocycles. The molecule has 0 aliphatic rings. The van der Waals surface area contributed by atoms with Gasteiger partial charge in [-0.2, -0.15) is 0 Å². The van der Waals surface area contributed by atoms with Crippen LogP contribution in [0.2, 0.25) is 0 Å². The Morgan fingerprint density at radius 3 is 2.50 bits per heavy atom. The van der Waals surface area contributed by atoms with E-state index in [9.17, 15) is 0 Å². The lowest BCUT2D eigenvalue weighted by molar-refractivity contribution is 0.604. The molecule has 0 spiro atoms. The molecule has 0 aliphatic heterocycles. The molecule has 3 nitrogen and oxygen atoms in total. The molecule has 100 valence electrons. The number of hydrogen-bond donors (Lipinski definition) is 0. The summed E-state index contributed by atoms with van der Waals surface area (Å²) in [4.78, 5) is 1.20. The van der Waals surface area contributed by atoms with Crippen LogP contribution in [-0.2, 0) is 6.54 Å². The highest BCUT2D eigenvalue weighted by Gasteiger charge is 2.06. The van der Waals surface area contributed by atoms with Crippen molar-refractivity contribution >= 4 is 11.8 Å². The van der Waals surface area contributed by atoms with Gasteiger partial charge in [-0.05, 0) is 24.6 Å². The average Bonchev–Trinajstić information content (AvgIpc) is 2.90. The second-order valence-electron chi connectivity index (χ2n) is 4.63. The molecule has 0 radical (unpaired) electrons. The molecule has 0 saturated heterocycles. The van der Waals surface area contributed by atoms with Crippen LogP contribution in [0.25, 0.3) is 0 Å². The van der Waals surface area contributed by atoms with Gasteiger partial charge in [0.2, 0.25) is 0 Å². The fraction of sp³-hybridized carbons (Fsp3) is 0.125. The Kier molecular flexibility index (Phi) is 3.83. The van der Waals surface area contributed by atoms with Crippen LogP contribution in [0.15, 0.2) is 70.7 Å². The van der Waals surface area contributed by atoms with Gasteiger partial charge in [0.25, 0.3) is 0 Å². The first-order chi connectivity index (χ1) is 9.81. The number of aryl methyl sites for hydroxylation is 1. The molecule has 0 N–H and O–H groups in total. The summed E-state index contributed by atoms with van der Waals surface area (Å²) in [7, 11) is 0. The minimum atomic E-state index is 0.745. The minimum Gasteiger partial charge on any atom is -0.234 e. The van der Waals surface area contributed by atoms with Crippen molar-refractivity contribution in [1.82, 2.24) is 15.0 Å². The first kappa shape index (κ1) is 12.9. The molecule has 0 unspecified atom stereocenters. The Labute approximate surface area is 122 Å². The van der Waals surface area contributed by atoms with Crippen molar-refractivity contribution in [3.63, 3.8) is 0 Å². The molecule has 0 saturated carbocycles. The van der Waals surface area contributed by atoms with E-state index >= 15 is 0 Å². The number of benzene rings is 2. The number of hydrogen-bond acceptors (Lipinski definition) is 3. The highest BCUT2D eigenvalue weighted by molar-refractivity contribution is 7.99. The number of aromatic nitrogens is 3. The molecule has 20 heavy (non-hydrogen) atoms. The van der Waals surface area contributed by atoms with Crippen molar-refractivity contribution in [2.45, 2.75) is 23.4 Å². The molecule has 3 rings (SSSR count). The number of rotatable bonds is 4. The van der Waals surface area contributed by atoms with Crippen molar-refractivity contribution in [1.29, 1.82) is 0 Å². The summed E-state index contributed by atoms with van der Waals surface area (Å²) in [5.41, 5.74) is 2.49. The Balaban J connectivity index is 1.78. The fourth-order valence-electron chi connectivity index (χ4n) is 1.92. The van der Waals surface area contributed by atoms with Crippen LogP contribution in [0.5, 0.6) is 0 Å². The molecular weight excluding hydrogens is 266 g/mol. The smallest absolute Gasteiger partial charge is 0.119 e. The van der Waals surface area contributed by atoms with Gasteiger partial charge >= 0.3 is 0 Å². The zero-order valence-electron chi connectivity index (χ0n) is 11.2. The predicted octanol–water partition coefficient (Wildman–Crippen LogP) is 3.79. The molecule has 1 aromatic heterocycles. The van der Waals surface area contributed by atoms with Crippen LogP contribution in [-0.4, -0.2) is 15.0 Å². The Morgan fingerprint density at radius 2 is 1.75 bits per heavy atom. The molecule has 0 atom stereocenters. The van der Waals surface area contributed by atoms with Crippen molar-refractivity contribution in [2.24, 2.45) is 0 Å². The van der Waals surface area contributed by atoms with Crippen LogP contribution < -0.4 is 0 Å². The van der Waals surface area contributed by atoms with Crippen molar-refractivity contribution in [2.75, 3.05) is 0 Å². The van der Waals surface area contributed by atoms with Gasteiger partial charge in [0.1, 0.15) is 5.03 Å². The predicted molar refractivity (Wildman–Crippen MR) is 80.9 cm³/mol. The normalized spacial score (nSPS) is 10.7. The number of nitrogens with zero attached hydrogens (tertiary/aromatic N) is 3. The molecule has 2 aromatic carbocycles. The summed E-state index contributed by atoms with van der Waals surface area (Å²) in [5, 5.41) is 9.25. The van der Waals surface area contributed by atoms with Gasteiger partial charge in [0.15, 0.2) is 0 Å². The van der Waals surface area contributed by atoms with Gasteiger partial charge in [-0.25, -0.2) is 4.68 Å². The van der Waals surface area contributed by atoms with Gasteiger partial charge < -0.3 is 0 Å². The van der Waals surface area contributed by atoms with E-state index in [1.807, 2.05) is 29.1 Å². The molecular formula is C16H15N3S. The highest BCUT2D eigenvalue weighted by atomic mass is 32.2.